The van der Waals surface area contributed by atoms with E-state index in [0.717, 1.165) is 18.5 Å². The van der Waals surface area contributed by atoms with Crippen molar-refractivity contribution in [2.75, 3.05) is 0 Å². The third-order valence-electron chi connectivity index (χ3n) is 12.3. The van der Waals surface area contributed by atoms with Gasteiger partial charge in [-0.25, -0.2) is 0 Å². The second-order valence-corrected chi connectivity index (χ2v) is 16.2. The van der Waals surface area contributed by atoms with Crippen molar-refractivity contribution in [3.63, 3.8) is 0 Å². The van der Waals surface area contributed by atoms with Crippen LogP contribution in [0.4, 0.5) is 0 Å². The number of pyridine rings is 2. The molecule has 3 heteroatoms. The number of hydrogen-bond acceptors (Lipinski definition) is 0. The fourth-order valence-electron chi connectivity index (χ4n) is 9.73. The Balaban J connectivity index is 1.24. The van der Waals surface area contributed by atoms with Crippen LogP contribution >= 0.6 is 0 Å². The fourth-order valence-corrected chi connectivity index (χ4v) is 9.73. The van der Waals surface area contributed by atoms with E-state index in [-0.39, 0.29) is 17.4 Å². The van der Waals surface area contributed by atoms with Crippen LogP contribution in [0.5, 0.6) is 0 Å². The molecule has 9 aromatic rings. The first-order chi connectivity index (χ1) is 25.8. The Bertz CT molecular complexity index is 2960. The molecule has 0 N–H and O–H groups in total. The van der Waals surface area contributed by atoms with Gasteiger partial charge in [0.1, 0.15) is 0 Å². The number of aromatic nitrogens is 3. The van der Waals surface area contributed by atoms with Gasteiger partial charge >= 0.3 is 0 Å². The number of benzene rings is 5. The standard InChI is InChI=1S/C50H41N3/c1-31-48-39(36-16-8-9-17-37(36)44-19-12-13-25-51(44)48)23-21-33-26-47-41(29-40(33)45-24-22-34(30-52(31)45)32-14-6-5-7-15-32)43-28-35(50(2,3)4)27-42-38-18-10-11-20-46(38)53(47)49(42)43/h5-20,22,24-30,39,48H,1,21,23H2,2-4H3/q+2. The minimum atomic E-state index is 0.0206. The van der Waals surface area contributed by atoms with E-state index in [1.54, 1.807) is 0 Å². The van der Waals surface area contributed by atoms with E-state index in [0.29, 0.717) is 0 Å². The van der Waals surface area contributed by atoms with Gasteiger partial charge in [0.2, 0.25) is 23.1 Å². The quantitative estimate of drug-likeness (QED) is 0.153. The van der Waals surface area contributed by atoms with Gasteiger partial charge < -0.3 is 4.40 Å². The summed E-state index contributed by atoms with van der Waals surface area (Å²) >= 11 is 0. The van der Waals surface area contributed by atoms with Crippen molar-refractivity contribution < 1.29 is 9.13 Å². The van der Waals surface area contributed by atoms with Gasteiger partial charge in [-0.05, 0) is 95.6 Å². The third kappa shape index (κ3) is 4.34. The topological polar surface area (TPSA) is 12.2 Å². The van der Waals surface area contributed by atoms with Gasteiger partial charge in [-0.3, -0.25) is 0 Å². The predicted octanol–water partition coefficient (Wildman–Crippen LogP) is 11.5. The second-order valence-electron chi connectivity index (χ2n) is 16.2. The zero-order valence-electron chi connectivity index (χ0n) is 30.5. The number of para-hydroxylation sites is 1. The van der Waals surface area contributed by atoms with E-state index in [9.17, 15) is 0 Å². The molecule has 5 aromatic carbocycles. The molecule has 2 atom stereocenters. The van der Waals surface area contributed by atoms with Crippen molar-refractivity contribution in [3.05, 3.63) is 169 Å². The third-order valence-corrected chi connectivity index (χ3v) is 12.3. The van der Waals surface area contributed by atoms with Gasteiger partial charge in [-0.1, -0.05) is 87.5 Å². The molecule has 0 bridgehead atoms. The molecule has 0 amide bonds. The summed E-state index contributed by atoms with van der Waals surface area (Å²) in [6.07, 6.45) is 6.57. The molecular formula is C50H41N3+2. The lowest BCUT2D eigenvalue weighted by Gasteiger charge is -2.29. The Morgan fingerprint density at radius 1 is 0.642 bits per heavy atom. The van der Waals surface area contributed by atoms with E-state index in [1.807, 2.05) is 0 Å². The molecule has 0 aliphatic carbocycles. The maximum absolute atomic E-state index is 5.00. The number of nitrogens with zero attached hydrogens (tertiary/aromatic N) is 3. The van der Waals surface area contributed by atoms with Crippen molar-refractivity contribution in [2.45, 2.75) is 51.0 Å². The smallest absolute Gasteiger partial charge is 0.249 e. The molecule has 4 aromatic heterocycles. The lowest BCUT2D eigenvalue weighted by atomic mass is 9.78. The fraction of sp³-hybridized carbons (Fsp3) is 0.160. The summed E-state index contributed by atoms with van der Waals surface area (Å²) in [5.41, 5.74) is 16.6. The normalized spacial score (nSPS) is 16.8. The van der Waals surface area contributed by atoms with Crippen LogP contribution in [0.25, 0.3) is 77.4 Å². The highest BCUT2D eigenvalue weighted by atomic mass is 15.1. The van der Waals surface area contributed by atoms with E-state index in [2.05, 4.69) is 180 Å². The van der Waals surface area contributed by atoms with Crippen LogP contribution in [0.2, 0.25) is 0 Å². The Hall–Kier alpha value is -6.06. The van der Waals surface area contributed by atoms with Crippen LogP contribution in [0.15, 0.2) is 152 Å². The maximum Gasteiger partial charge on any atom is 0.249 e. The summed E-state index contributed by atoms with van der Waals surface area (Å²) in [6.45, 7) is 12.0. The minimum Gasteiger partial charge on any atom is -0.308 e. The molecule has 0 saturated carbocycles. The summed E-state index contributed by atoms with van der Waals surface area (Å²) in [5, 5.41) is 5.31. The zero-order chi connectivity index (χ0) is 35.6. The van der Waals surface area contributed by atoms with Crippen LogP contribution in [-0.2, 0) is 11.8 Å². The van der Waals surface area contributed by atoms with Gasteiger partial charge in [-0.2, -0.15) is 9.13 Å². The zero-order valence-corrected chi connectivity index (χ0v) is 30.5. The van der Waals surface area contributed by atoms with Crippen molar-refractivity contribution in [1.82, 2.24) is 4.40 Å². The van der Waals surface area contributed by atoms with Crippen LogP contribution in [0.1, 0.15) is 55.8 Å². The highest BCUT2D eigenvalue weighted by Gasteiger charge is 2.46. The first-order valence-corrected chi connectivity index (χ1v) is 19.0. The molecule has 0 radical (unpaired) electrons. The van der Waals surface area contributed by atoms with Gasteiger partial charge in [-0.15, -0.1) is 0 Å². The molecule has 11 rings (SSSR count). The van der Waals surface area contributed by atoms with Crippen LogP contribution in [-0.4, -0.2) is 4.40 Å². The van der Waals surface area contributed by atoms with Gasteiger partial charge in [0.15, 0.2) is 12.4 Å². The highest BCUT2D eigenvalue weighted by molar-refractivity contribution is 6.24. The summed E-state index contributed by atoms with van der Waals surface area (Å²) in [6, 6.07) is 50.0. The summed E-state index contributed by atoms with van der Waals surface area (Å²) in [7, 11) is 0. The van der Waals surface area contributed by atoms with E-state index in [1.165, 1.54) is 88.4 Å². The molecule has 2 aliphatic heterocycles. The monoisotopic (exact) mass is 683 g/mol. The highest BCUT2D eigenvalue weighted by Crippen LogP contribution is 2.47. The first kappa shape index (κ1) is 30.6. The van der Waals surface area contributed by atoms with Gasteiger partial charge in [0.25, 0.3) is 0 Å². The molecule has 3 nitrogen and oxygen atoms in total. The second kappa shape index (κ2) is 11.0. The lowest BCUT2D eigenvalue weighted by molar-refractivity contribution is -0.727. The molecule has 0 fully saturated rings. The number of aryl methyl sites for hydroxylation is 1. The Kier molecular flexibility index (Phi) is 6.33. The van der Waals surface area contributed by atoms with Gasteiger partial charge in [0, 0.05) is 50.9 Å². The van der Waals surface area contributed by atoms with Crippen molar-refractivity contribution in [3.8, 4) is 33.6 Å². The number of allylic oxidation sites excluding steroid dienone is 1. The first-order valence-electron chi connectivity index (χ1n) is 19.0. The average molecular weight is 684 g/mol. The Morgan fingerprint density at radius 3 is 2.25 bits per heavy atom. The Morgan fingerprint density at radius 2 is 1.40 bits per heavy atom. The number of hydrogen-bond donors (Lipinski definition) is 0. The lowest BCUT2D eigenvalue weighted by Crippen LogP contribution is -2.53. The van der Waals surface area contributed by atoms with Crippen molar-refractivity contribution in [2.24, 2.45) is 0 Å². The van der Waals surface area contributed by atoms with Gasteiger partial charge in [0.05, 0.1) is 28.0 Å². The van der Waals surface area contributed by atoms with Crippen molar-refractivity contribution >= 4 is 43.8 Å². The molecule has 254 valence electrons. The molecule has 2 aliphatic rings. The van der Waals surface area contributed by atoms with Crippen molar-refractivity contribution in [1.29, 1.82) is 0 Å². The van der Waals surface area contributed by atoms with Crippen LogP contribution in [0, 0.1) is 0 Å². The molecule has 0 spiro atoms. The molecule has 53 heavy (non-hydrogen) atoms. The molecule has 0 saturated heterocycles. The average Bonchev–Trinajstić information content (AvgIpc) is 3.71. The summed E-state index contributed by atoms with van der Waals surface area (Å²) in [5.74, 6) is 0.254. The summed E-state index contributed by atoms with van der Waals surface area (Å²) < 4.78 is 7.47. The molecule has 2 unspecified atom stereocenters. The molecular weight excluding hydrogens is 643 g/mol. The van der Waals surface area contributed by atoms with Crippen LogP contribution in [0.3, 0.4) is 0 Å². The Labute approximate surface area is 310 Å². The SMILES string of the molecule is C=C1C2C(CCc3cc4c(cc3-c3ccc(-c5ccccc5)c[n+]31)c1cc(C(C)(C)C)cc3c5ccccc5n4c31)c1ccccc1-c1cccc[n+]12. The summed E-state index contributed by atoms with van der Waals surface area (Å²) in [4.78, 5) is 0. The van der Waals surface area contributed by atoms with E-state index in [4.69, 9.17) is 6.58 Å². The molecule has 6 heterocycles. The largest absolute Gasteiger partial charge is 0.308 e. The minimum absolute atomic E-state index is 0.0206. The van der Waals surface area contributed by atoms with E-state index >= 15 is 0 Å². The predicted molar refractivity (Wildman–Crippen MR) is 218 cm³/mol. The number of fused-ring (bicyclic) bond motifs is 15. The van der Waals surface area contributed by atoms with Crippen LogP contribution < -0.4 is 9.13 Å². The van der Waals surface area contributed by atoms with E-state index < -0.39 is 0 Å². The number of rotatable bonds is 1. The maximum atomic E-state index is 5.00.